The van der Waals surface area contributed by atoms with Crippen molar-refractivity contribution in [1.29, 1.82) is 0 Å². The highest BCUT2D eigenvalue weighted by atomic mass is 16.4. The molecule has 0 spiro atoms. The number of hydrogen-bond donors (Lipinski definition) is 6. The summed E-state index contributed by atoms with van der Waals surface area (Å²) in [5, 5.41) is 49.1. The smallest absolute Gasteiger partial charge is 0.335 e. The summed E-state index contributed by atoms with van der Waals surface area (Å²) in [4.78, 5) is 25.7. The fraction of sp³-hybridized carbons (Fsp3) is 0.333. The molecule has 0 aromatic carbocycles. The van der Waals surface area contributed by atoms with E-state index in [1.807, 2.05) is 5.43 Å². The quantitative estimate of drug-likeness (QED) is 0.233. The van der Waals surface area contributed by atoms with E-state index in [1.54, 1.807) is 0 Å². The predicted molar refractivity (Wildman–Crippen MR) is 71.9 cm³/mol. The Bertz CT molecular complexity index is 537. The van der Waals surface area contributed by atoms with Crippen molar-refractivity contribution in [2.75, 3.05) is 0 Å². The van der Waals surface area contributed by atoms with Gasteiger partial charge in [0.15, 0.2) is 6.10 Å². The number of carbonyl (C=O) groups excluding carboxylic acids is 1. The van der Waals surface area contributed by atoms with Crippen molar-refractivity contribution in [1.82, 2.24) is 10.4 Å². The fourth-order valence-electron chi connectivity index (χ4n) is 1.36. The summed E-state index contributed by atoms with van der Waals surface area (Å²) in [6, 6.07) is 2.84. The summed E-state index contributed by atoms with van der Waals surface area (Å²) >= 11 is 0. The molecular weight excluding hydrogens is 298 g/mol. The van der Waals surface area contributed by atoms with E-state index >= 15 is 0 Å². The first kappa shape index (κ1) is 17.7. The first-order valence-corrected chi connectivity index (χ1v) is 6.03. The van der Waals surface area contributed by atoms with Crippen LogP contribution in [0.4, 0.5) is 0 Å². The molecule has 1 amide bonds. The van der Waals surface area contributed by atoms with Gasteiger partial charge in [-0.05, 0) is 12.1 Å². The Kier molecular flexibility index (Phi) is 6.53. The van der Waals surface area contributed by atoms with Gasteiger partial charge in [-0.15, -0.1) is 0 Å². The van der Waals surface area contributed by atoms with E-state index in [1.165, 1.54) is 24.5 Å². The van der Waals surface area contributed by atoms with Crippen LogP contribution in [0.2, 0.25) is 0 Å². The number of pyridine rings is 1. The Morgan fingerprint density at radius 2 is 1.73 bits per heavy atom. The van der Waals surface area contributed by atoms with Crippen LogP contribution in [0.1, 0.15) is 10.4 Å². The third-order valence-electron chi connectivity index (χ3n) is 2.61. The Morgan fingerprint density at radius 1 is 1.14 bits per heavy atom. The third-order valence-corrected chi connectivity index (χ3v) is 2.61. The molecular formula is C12H15N3O7. The topological polar surface area (TPSA) is 173 Å². The van der Waals surface area contributed by atoms with Gasteiger partial charge in [0.25, 0.3) is 5.91 Å². The number of aliphatic hydroxyl groups excluding tert-OH is 4. The number of carbonyl (C=O) groups is 2. The summed E-state index contributed by atoms with van der Waals surface area (Å²) in [5.41, 5.74) is 2.30. The average molecular weight is 313 g/mol. The van der Waals surface area contributed by atoms with E-state index in [4.69, 9.17) is 10.2 Å². The van der Waals surface area contributed by atoms with Crippen LogP contribution in [0.5, 0.6) is 0 Å². The molecule has 1 rings (SSSR count). The van der Waals surface area contributed by atoms with Crippen LogP contribution in [-0.2, 0) is 4.79 Å². The summed E-state index contributed by atoms with van der Waals surface area (Å²) in [6.45, 7) is 0. The van der Waals surface area contributed by atoms with Crippen molar-refractivity contribution in [3.8, 4) is 0 Å². The van der Waals surface area contributed by atoms with Crippen LogP contribution < -0.4 is 5.43 Å². The van der Waals surface area contributed by atoms with Gasteiger partial charge in [-0.3, -0.25) is 9.78 Å². The largest absolute Gasteiger partial charge is 0.479 e. The van der Waals surface area contributed by atoms with E-state index in [0.717, 1.165) is 0 Å². The second-order valence-electron chi connectivity index (χ2n) is 4.21. The molecule has 0 unspecified atom stereocenters. The molecule has 4 atom stereocenters. The van der Waals surface area contributed by atoms with E-state index in [0.29, 0.717) is 6.21 Å². The normalized spacial score (nSPS) is 16.7. The van der Waals surface area contributed by atoms with Crippen molar-refractivity contribution < 1.29 is 35.1 Å². The van der Waals surface area contributed by atoms with Gasteiger partial charge in [-0.25, -0.2) is 10.2 Å². The second kappa shape index (κ2) is 8.14. The molecule has 1 heterocycles. The molecule has 10 heteroatoms. The molecule has 0 aliphatic heterocycles. The van der Waals surface area contributed by atoms with Gasteiger partial charge >= 0.3 is 5.97 Å². The Hall–Kier alpha value is -2.40. The van der Waals surface area contributed by atoms with Gasteiger partial charge < -0.3 is 25.5 Å². The van der Waals surface area contributed by atoms with Crippen LogP contribution in [0.25, 0.3) is 0 Å². The van der Waals surface area contributed by atoms with E-state index in [2.05, 4.69) is 10.1 Å². The van der Waals surface area contributed by atoms with Crippen molar-refractivity contribution >= 4 is 18.1 Å². The number of rotatable bonds is 7. The van der Waals surface area contributed by atoms with Gasteiger partial charge in [0.05, 0.1) is 6.21 Å². The molecule has 0 radical (unpaired) electrons. The SMILES string of the molecule is O=C(N/N=C/[C@H](O)[C@@H](O)[C@H](O)[C@H](O)C(=O)O)c1ccncc1. The number of aliphatic hydroxyl groups is 4. The number of nitrogens with one attached hydrogen (secondary N) is 1. The number of hydrogen-bond acceptors (Lipinski definition) is 8. The number of aromatic nitrogens is 1. The number of carboxylic acid groups (broad SMARTS) is 1. The molecule has 1 aromatic heterocycles. The molecule has 0 aliphatic carbocycles. The zero-order valence-corrected chi connectivity index (χ0v) is 11.1. The van der Waals surface area contributed by atoms with Crippen molar-refractivity contribution in [2.24, 2.45) is 5.10 Å². The lowest BCUT2D eigenvalue weighted by atomic mass is 10.0. The Morgan fingerprint density at radius 3 is 2.27 bits per heavy atom. The first-order chi connectivity index (χ1) is 10.3. The molecule has 0 fully saturated rings. The van der Waals surface area contributed by atoms with Gasteiger partial charge in [-0.2, -0.15) is 5.10 Å². The highest BCUT2D eigenvalue weighted by Crippen LogP contribution is 2.04. The fourth-order valence-corrected chi connectivity index (χ4v) is 1.36. The van der Waals surface area contributed by atoms with E-state index < -0.39 is 36.3 Å². The monoisotopic (exact) mass is 313 g/mol. The number of nitrogens with zero attached hydrogens (tertiary/aromatic N) is 2. The number of aliphatic carboxylic acids is 1. The van der Waals surface area contributed by atoms with Gasteiger partial charge in [0, 0.05) is 18.0 Å². The zero-order chi connectivity index (χ0) is 16.7. The van der Waals surface area contributed by atoms with Gasteiger partial charge in [0.2, 0.25) is 0 Å². The van der Waals surface area contributed by atoms with Crippen LogP contribution >= 0.6 is 0 Å². The number of carboxylic acids is 1. The zero-order valence-electron chi connectivity index (χ0n) is 11.1. The molecule has 0 bridgehead atoms. The molecule has 0 saturated carbocycles. The standard InChI is InChI=1S/C12H15N3O7/c16-7(8(17)9(18)10(19)12(21)22)5-14-15-11(20)6-1-3-13-4-2-6/h1-5,7-10,16-19H,(H,15,20)(H,21,22)/b14-5+/t7-,8+,9-,10-/m0/s1. The van der Waals surface area contributed by atoms with Crippen LogP contribution in [-0.4, -0.2) is 73.0 Å². The maximum atomic E-state index is 11.6. The summed E-state index contributed by atoms with van der Waals surface area (Å²) in [6.07, 6.45) is -4.75. The molecule has 10 nitrogen and oxygen atoms in total. The molecule has 0 saturated heterocycles. The summed E-state index contributed by atoms with van der Waals surface area (Å²) in [5.74, 6) is -2.37. The molecule has 120 valence electrons. The van der Waals surface area contributed by atoms with Crippen LogP contribution in [0.15, 0.2) is 29.6 Å². The molecule has 6 N–H and O–H groups in total. The van der Waals surface area contributed by atoms with Crippen molar-refractivity contribution in [3.05, 3.63) is 30.1 Å². The lowest BCUT2D eigenvalue weighted by molar-refractivity contribution is -0.160. The minimum atomic E-state index is -2.27. The highest BCUT2D eigenvalue weighted by molar-refractivity contribution is 5.94. The second-order valence-corrected chi connectivity index (χ2v) is 4.21. The molecule has 22 heavy (non-hydrogen) atoms. The lowest BCUT2D eigenvalue weighted by Crippen LogP contribution is -2.48. The lowest BCUT2D eigenvalue weighted by Gasteiger charge is -2.22. The third kappa shape index (κ3) is 4.86. The minimum Gasteiger partial charge on any atom is -0.479 e. The van der Waals surface area contributed by atoms with Crippen molar-refractivity contribution in [3.63, 3.8) is 0 Å². The maximum absolute atomic E-state index is 11.6. The molecule has 0 aliphatic rings. The van der Waals surface area contributed by atoms with E-state index in [9.17, 15) is 24.9 Å². The molecule has 1 aromatic rings. The summed E-state index contributed by atoms with van der Waals surface area (Å²) < 4.78 is 0. The predicted octanol–water partition coefficient (Wildman–Crippen LogP) is -2.67. The van der Waals surface area contributed by atoms with Gasteiger partial charge in [-0.1, -0.05) is 0 Å². The van der Waals surface area contributed by atoms with E-state index in [-0.39, 0.29) is 5.56 Å². The average Bonchev–Trinajstić information content (AvgIpc) is 2.53. The summed E-state index contributed by atoms with van der Waals surface area (Å²) in [7, 11) is 0. The highest BCUT2D eigenvalue weighted by Gasteiger charge is 2.33. The van der Waals surface area contributed by atoms with Crippen LogP contribution in [0.3, 0.4) is 0 Å². The van der Waals surface area contributed by atoms with Crippen LogP contribution in [0, 0.1) is 0 Å². The maximum Gasteiger partial charge on any atom is 0.335 e. The van der Waals surface area contributed by atoms with Gasteiger partial charge in [0.1, 0.15) is 18.3 Å². The Labute approximate surface area is 124 Å². The number of amides is 1. The first-order valence-electron chi connectivity index (χ1n) is 6.03. The minimum absolute atomic E-state index is 0.253. The Balaban J connectivity index is 2.55. The van der Waals surface area contributed by atoms with Crippen molar-refractivity contribution in [2.45, 2.75) is 24.4 Å². The number of hydrazone groups is 1.